The second kappa shape index (κ2) is 6.33. The van der Waals surface area contributed by atoms with Crippen molar-refractivity contribution in [1.29, 1.82) is 0 Å². The van der Waals surface area contributed by atoms with E-state index in [4.69, 9.17) is 11.6 Å². The van der Waals surface area contributed by atoms with Gasteiger partial charge in [0.25, 0.3) is 0 Å². The van der Waals surface area contributed by atoms with Crippen LogP contribution in [0.15, 0.2) is 18.2 Å². The van der Waals surface area contributed by atoms with Crippen molar-refractivity contribution in [3.8, 4) is 0 Å². The van der Waals surface area contributed by atoms with Crippen LogP contribution in [0.2, 0.25) is 5.02 Å². The van der Waals surface area contributed by atoms with Gasteiger partial charge in [0.15, 0.2) is 0 Å². The summed E-state index contributed by atoms with van der Waals surface area (Å²) in [6.07, 6.45) is 1.88. The number of hydrogen-bond acceptors (Lipinski definition) is 3. The molecule has 1 aromatic carbocycles. The van der Waals surface area contributed by atoms with Gasteiger partial charge in [-0.2, -0.15) is 0 Å². The first kappa shape index (κ1) is 15.6. The Morgan fingerprint density at radius 3 is 2.85 bits per heavy atom. The van der Waals surface area contributed by atoms with Crippen molar-refractivity contribution < 1.29 is 5.11 Å². The summed E-state index contributed by atoms with van der Waals surface area (Å²) >= 11 is 6.42. The summed E-state index contributed by atoms with van der Waals surface area (Å²) in [7, 11) is 0. The number of hydrogen-bond donors (Lipinski definition) is 2. The van der Waals surface area contributed by atoms with E-state index in [1.165, 1.54) is 0 Å². The molecule has 0 spiro atoms. The average Bonchev–Trinajstić information content (AvgIpc) is 2.37. The molecular weight excluding hydrogens is 272 g/mol. The fourth-order valence-corrected chi connectivity index (χ4v) is 3.26. The first-order valence-electron chi connectivity index (χ1n) is 7.43. The number of nitrogens with zero attached hydrogens (tertiary/aromatic N) is 1. The quantitative estimate of drug-likeness (QED) is 0.894. The van der Waals surface area contributed by atoms with Crippen LogP contribution in [0.3, 0.4) is 0 Å². The van der Waals surface area contributed by atoms with Crippen molar-refractivity contribution in [3.05, 3.63) is 28.8 Å². The lowest BCUT2D eigenvalue weighted by Gasteiger charge is -2.38. The highest BCUT2D eigenvalue weighted by molar-refractivity contribution is 6.31. The van der Waals surface area contributed by atoms with Crippen LogP contribution in [0, 0.1) is 0 Å². The van der Waals surface area contributed by atoms with Gasteiger partial charge in [0.05, 0.1) is 5.60 Å². The Morgan fingerprint density at radius 2 is 2.25 bits per heavy atom. The van der Waals surface area contributed by atoms with E-state index < -0.39 is 5.60 Å². The summed E-state index contributed by atoms with van der Waals surface area (Å²) in [5.41, 5.74) is 1.63. The molecule has 1 aliphatic rings. The number of aliphatic hydroxyl groups is 1. The van der Waals surface area contributed by atoms with Crippen molar-refractivity contribution >= 4 is 17.3 Å². The van der Waals surface area contributed by atoms with Gasteiger partial charge in [-0.15, -0.1) is 0 Å². The van der Waals surface area contributed by atoms with E-state index in [0.717, 1.165) is 42.2 Å². The van der Waals surface area contributed by atoms with Crippen molar-refractivity contribution in [2.45, 2.75) is 45.3 Å². The molecule has 20 heavy (non-hydrogen) atoms. The number of β-amino-alcohol motifs (C(OH)–C–C–N with tert-alkyl or cyclic N) is 1. The van der Waals surface area contributed by atoms with Gasteiger partial charge >= 0.3 is 0 Å². The van der Waals surface area contributed by atoms with Crippen molar-refractivity contribution in [3.63, 3.8) is 0 Å². The molecule has 1 fully saturated rings. The second-order valence-corrected chi connectivity index (χ2v) is 6.41. The minimum Gasteiger partial charge on any atom is -0.388 e. The van der Waals surface area contributed by atoms with Gasteiger partial charge < -0.3 is 15.3 Å². The number of anilines is 1. The maximum atomic E-state index is 10.2. The van der Waals surface area contributed by atoms with E-state index in [2.05, 4.69) is 36.2 Å². The van der Waals surface area contributed by atoms with Gasteiger partial charge in [0.1, 0.15) is 0 Å². The molecule has 112 valence electrons. The summed E-state index contributed by atoms with van der Waals surface area (Å²) < 4.78 is 0. The summed E-state index contributed by atoms with van der Waals surface area (Å²) in [6.45, 7) is 8.70. The summed E-state index contributed by atoms with van der Waals surface area (Å²) in [5.74, 6) is 0. The summed E-state index contributed by atoms with van der Waals surface area (Å²) in [5, 5.41) is 14.4. The predicted molar refractivity (Wildman–Crippen MR) is 85.6 cm³/mol. The Bertz CT molecular complexity index is 462. The highest BCUT2D eigenvalue weighted by atomic mass is 35.5. The fourth-order valence-electron chi connectivity index (χ4n) is 2.92. The van der Waals surface area contributed by atoms with Crippen LogP contribution in [-0.4, -0.2) is 30.3 Å². The SMILES string of the molecule is CCNC(C)c1ccc(N2CCCC(C)(O)C2)cc1Cl. The van der Waals surface area contributed by atoms with E-state index in [9.17, 15) is 5.11 Å². The van der Waals surface area contributed by atoms with Gasteiger partial charge in [-0.25, -0.2) is 0 Å². The smallest absolute Gasteiger partial charge is 0.0794 e. The van der Waals surface area contributed by atoms with Crippen LogP contribution in [0.25, 0.3) is 0 Å². The third-order valence-electron chi connectivity index (χ3n) is 4.00. The molecule has 4 heteroatoms. The van der Waals surface area contributed by atoms with Crippen LogP contribution in [-0.2, 0) is 0 Å². The molecule has 2 rings (SSSR count). The first-order chi connectivity index (χ1) is 9.43. The Labute approximate surface area is 126 Å². The molecule has 0 amide bonds. The summed E-state index contributed by atoms with van der Waals surface area (Å²) in [6, 6.07) is 6.47. The monoisotopic (exact) mass is 296 g/mol. The zero-order valence-corrected chi connectivity index (χ0v) is 13.4. The van der Waals surface area contributed by atoms with Crippen LogP contribution in [0.5, 0.6) is 0 Å². The first-order valence-corrected chi connectivity index (χ1v) is 7.81. The topological polar surface area (TPSA) is 35.5 Å². The number of piperidine rings is 1. The van der Waals surface area contributed by atoms with Gasteiger partial charge in [0, 0.05) is 29.8 Å². The molecule has 1 aliphatic heterocycles. The predicted octanol–water partition coefficient (Wildman–Crippen LogP) is 3.36. The lowest BCUT2D eigenvalue weighted by Crippen LogP contribution is -2.46. The van der Waals surface area contributed by atoms with E-state index in [-0.39, 0.29) is 6.04 Å². The Balaban J connectivity index is 2.16. The minimum absolute atomic E-state index is 0.256. The minimum atomic E-state index is -0.597. The highest BCUT2D eigenvalue weighted by Gasteiger charge is 2.28. The third-order valence-corrected chi connectivity index (χ3v) is 4.33. The molecule has 0 aliphatic carbocycles. The van der Waals surface area contributed by atoms with Crippen LogP contribution < -0.4 is 10.2 Å². The Hall–Kier alpha value is -0.770. The zero-order chi connectivity index (χ0) is 14.8. The molecule has 1 aromatic rings. The van der Waals surface area contributed by atoms with Gasteiger partial charge in [-0.1, -0.05) is 24.6 Å². The average molecular weight is 297 g/mol. The van der Waals surface area contributed by atoms with Crippen molar-refractivity contribution in [2.24, 2.45) is 0 Å². The van der Waals surface area contributed by atoms with E-state index >= 15 is 0 Å². The molecule has 0 saturated carbocycles. The van der Waals surface area contributed by atoms with Crippen molar-refractivity contribution in [1.82, 2.24) is 5.32 Å². The molecule has 0 aromatic heterocycles. The number of halogens is 1. The maximum Gasteiger partial charge on any atom is 0.0794 e. The molecule has 2 atom stereocenters. The lowest BCUT2D eigenvalue weighted by atomic mass is 9.94. The second-order valence-electron chi connectivity index (χ2n) is 6.01. The summed E-state index contributed by atoms with van der Waals surface area (Å²) in [4.78, 5) is 2.22. The molecule has 0 radical (unpaired) electrons. The van der Waals surface area contributed by atoms with E-state index in [0.29, 0.717) is 6.54 Å². The van der Waals surface area contributed by atoms with Gasteiger partial charge in [-0.05, 0) is 50.9 Å². The number of nitrogens with one attached hydrogen (secondary N) is 1. The maximum absolute atomic E-state index is 10.2. The zero-order valence-electron chi connectivity index (χ0n) is 12.6. The van der Waals surface area contributed by atoms with E-state index in [1.54, 1.807) is 0 Å². The Morgan fingerprint density at radius 1 is 1.50 bits per heavy atom. The Kier molecular flexibility index (Phi) is 4.95. The third kappa shape index (κ3) is 3.66. The molecule has 2 N–H and O–H groups in total. The number of rotatable bonds is 4. The molecule has 3 nitrogen and oxygen atoms in total. The molecule has 2 unspecified atom stereocenters. The highest BCUT2D eigenvalue weighted by Crippen LogP contribution is 2.31. The fraction of sp³-hybridized carbons (Fsp3) is 0.625. The van der Waals surface area contributed by atoms with Gasteiger partial charge in [0.2, 0.25) is 0 Å². The standard InChI is InChI=1S/C16H25ClN2O/c1-4-18-12(2)14-7-6-13(10-15(14)17)19-9-5-8-16(3,20)11-19/h6-7,10,12,18,20H,4-5,8-9,11H2,1-3H3. The molecule has 0 bridgehead atoms. The van der Waals surface area contributed by atoms with Gasteiger partial charge in [-0.3, -0.25) is 0 Å². The van der Waals surface area contributed by atoms with E-state index in [1.807, 2.05) is 13.0 Å². The van der Waals surface area contributed by atoms with Crippen LogP contribution >= 0.6 is 11.6 Å². The lowest BCUT2D eigenvalue weighted by molar-refractivity contribution is 0.0449. The van der Waals surface area contributed by atoms with Crippen LogP contribution in [0.1, 0.15) is 45.2 Å². The molecular formula is C16H25ClN2O. The molecule has 1 heterocycles. The largest absolute Gasteiger partial charge is 0.388 e. The molecule has 1 saturated heterocycles. The van der Waals surface area contributed by atoms with Crippen molar-refractivity contribution in [2.75, 3.05) is 24.5 Å². The normalized spacial score (nSPS) is 24.8. The van der Waals surface area contributed by atoms with Crippen LogP contribution in [0.4, 0.5) is 5.69 Å². The number of benzene rings is 1.